The van der Waals surface area contributed by atoms with Gasteiger partial charge in [-0.1, -0.05) is 11.6 Å². The second-order valence-electron chi connectivity index (χ2n) is 11.3. The summed E-state index contributed by atoms with van der Waals surface area (Å²) in [5.41, 5.74) is -0.702. The van der Waals surface area contributed by atoms with Crippen molar-refractivity contribution in [2.45, 2.75) is 89.8 Å². The lowest BCUT2D eigenvalue weighted by Gasteiger charge is -2.52. The van der Waals surface area contributed by atoms with Gasteiger partial charge >= 0.3 is 6.09 Å². The molecule has 36 heavy (non-hydrogen) atoms. The quantitative estimate of drug-likeness (QED) is 0.572. The SMILES string of the molecule is Cc1c(C(O)CO)nc2c3c(nc(Cl)c(F)c13)O[C@@H](C)[C@@H]1[C@@H]3CC[C@](C)(CN21)N3C(=O)OC(C)(C)C. The fraction of sp³-hybridized carbons (Fsp3) is 0.640. The number of ether oxygens (including phenoxy) is 2. The minimum Gasteiger partial charge on any atom is -0.472 e. The summed E-state index contributed by atoms with van der Waals surface area (Å²) in [6.45, 7) is 10.9. The van der Waals surface area contributed by atoms with Gasteiger partial charge in [-0.25, -0.2) is 14.2 Å². The minimum atomic E-state index is -1.31. The number of aliphatic hydroxyl groups is 2. The van der Waals surface area contributed by atoms with E-state index >= 15 is 4.39 Å². The number of rotatable bonds is 2. The van der Waals surface area contributed by atoms with Gasteiger partial charge < -0.3 is 24.6 Å². The van der Waals surface area contributed by atoms with Crippen LogP contribution in [0, 0.1) is 12.7 Å². The van der Waals surface area contributed by atoms with Gasteiger partial charge in [0.15, 0.2) is 11.0 Å². The number of nitrogens with zero attached hydrogens (tertiary/aromatic N) is 4. The fourth-order valence-electron chi connectivity index (χ4n) is 6.12. The van der Waals surface area contributed by atoms with Gasteiger partial charge in [0.25, 0.3) is 0 Å². The predicted molar refractivity (Wildman–Crippen MR) is 132 cm³/mol. The van der Waals surface area contributed by atoms with E-state index in [0.29, 0.717) is 23.3 Å². The topological polar surface area (TPSA) is 108 Å². The van der Waals surface area contributed by atoms with E-state index < -0.39 is 35.8 Å². The fourth-order valence-corrected chi connectivity index (χ4v) is 6.29. The Morgan fingerprint density at radius 2 is 2.06 bits per heavy atom. The van der Waals surface area contributed by atoms with Crippen molar-refractivity contribution in [3.8, 4) is 5.88 Å². The molecule has 2 N–H and O–H groups in total. The number of aromatic nitrogens is 2. The summed E-state index contributed by atoms with van der Waals surface area (Å²) in [4.78, 5) is 26.2. The first kappa shape index (κ1) is 25.2. The molecule has 5 rings (SSSR count). The van der Waals surface area contributed by atoms with E-state index in [9.17, 15) is 15.0 Å². The second-order valence-corrected chi connectivity index (χ2v) is 11.7. The monoisotopic (exact) mass is 522 g/mol. The number of carbonyl (C=O) groups excluding carboxylic acids is 1. The third-order valence-corrected chi connectivity index (χ3v) is 7.81. The molecule has 2 bridgehead atoms. The zero-order valence-corrected chi connectivity index (χ0v) is 22.1. The van der Waals surface area contributed by atoms with E-state index in [1.165, 1.54) is 0 Å². The van der Waals surface area contributed by atoms with Gasteiger partial charge in [-0.2, -0.15) is 4.98 Å². The van der Waals surface area contributed by atoms with Crippen molar-refractivity contribution in [3.63, 3.8) is 0 Å². The van der Waals surface area contributed by atoms with E-state index in [-0.39, 0.29) is 40.3 Å². The minimum absolute atomic E-state index is 0.150. The zero-order chi connectivity index (χ0) is 26.3. The Morgan fingerprint density at radius 1 is 1.36 bits per heavy atom. The van der Waals surface area contributed by atoms with Crippen molar-refractivity contribution in [2.24, 2.45) is 0 Å². The smallest absolute Gasteiger partial charge is 0.411 e. The van der Waals surface area contributed by atoms with Crippen LogP contribution in [0.5, 0.6) is 5.88 Å². The third kappa shape index (κ3) is 3.68. The summed E-state index contributed by atoms with van der Waals surface area (Å²) in [6.07, 6.45) is -0.675. The Hall–Kier alpha value is -2.43. The molecule has 2 aromatic heterocycles. The number of anilines is 1. The predicted octanol–water partition coefficient (Wildman–Crippen LogP) is 3.88. The maximum Gasteiger partial charge on any atom is 0.411 e. The standard InChI is InChI=1S/C25H32ClFN4O5/c1-11-15-16-21(28-18(11)14(33)9-32)30-10-25(6)8-7-13(31(25)23(34)36-24(3,4)5)19(30)12(2)35-22(16)29-20(26)17(15)27/h12-14,19,32-33H,7-10H2,1-6H3/t12-,13-,14?,19+,25+/m0/s1. The van der Waals surface area contributed by atoms with Crippen molar-refractivity contribution in [2.75, 3.05) is 18.1 Å². The van der Waals surface area contributed by atoms with E-state index in [2.05, 4.69) is 4.98 Å². The molecule has 3 aliphatic rings. The summed E-state index contributed by atoms with van der Waals surface area (Å²) in [6, 6.07) is -0.603. The van der Waals surface area contributed by atoms with Crippen LogP contribution in [-0.2, 0) is 4.74 Å². The molecule has 5 heterocycles. The first-order chi connectivity index (χ1) is 16.8. The molecule has 9 nitrogen and oxygen atoms in total. The summed E-state index contributed by atoms with van der Waals surface area (Å²) in [5.74, 6) is -0.189. The molecule has 196 valence electrons. The molecule has 0 aromatic carbocycles. The van der Waals surface area contributed by atoms with Crippen molar-refractivity contribution >= 4 is 34.3 Å². The van der Waals surface area contributed by atoms with Gasteiger partial charge in [0, 0.05) is 11.9 Å². The number of carbonyl (C=O) groups is 1. The Balaban J connectivity index is 1.72. The molecule has 11 heteroatoms. The van der Waals surface area contributed by atoms with Gasteiger partial charge in [0.05, 0.1) is 35.3 Å². The number of amides is 1. The lowest BCUT2D eigenvalue weighted by molar-refractivity contribution is -0.0165. The number of fused-ring (bicyclic) bond motifs is 5. The molecule has 0 spiro atoms. The molecule has 1 amide bonds. The van der Waals surface area contributed by atoms with Crippen LogP contribution in [0.25, 0.3) is 10.8 Å². The lowest BCUT2D eigenvalue weighted by Crippen LogP contribution is -2.69. The van der Waals surface area contributed by atoms with Gasteiger partial charge in [-0.3, -0.25) is 4.90 Å². The Bertz CT molecular complexity index is 1250. The number of hydrogen-bond donors (Lipinski definition) is 2. The van der Waals surface area contributed by atoms with Crippen LogP contribution in [0.4, 0.5) is 15.0 Å². The Labute approximate surface area is 214 Å². The van der Waals surface area contributed by atoms with Gasteiger partial charge in [-0.15, -0.1) is 0 Å². The normalized spacial score (nSPS) is 28.0. The number of halogens is 2. The molecule has 0 radical (unpaired) electrons. The molecule has 2 fully saturated rings. The largest absolute Gasteiger partial charge is 0.472 e. The number of aryl methyl sites for hydroxylation is 1. The second kappa shape index (κ2) is 8.29. The maximum absolute atomic E-state index is 15.4. The molecule has 2 aromatic rings. The van der Waals surface area contributed by atoms with E-state index in [1.807, 2.05) is 44.4 Å². The summed E-state index contributed by atoms with van der Waals surface area (Å²) < 4.78 is 27.5. The summed E-state index contributed by atoms with van der Waals surface area (Å²) >= 11 is 6.17. The van der Waals surface area contributed by atoms with Gasteiger partial charge in [0.2, 0.25) is 5.88 Å². The first-order valence-corrected chi connectivity index (χ1v) is 12.6. The number of pyridine rings is 2. The highest BCUT2D eigenvalue weighted by atomic mass is 35.5. The molecule has 1 unspecified atom stereocenters. The Kier molecular flexibility index (Phi) is 5.81. The molecule has 2 saturated heterocycles. The molecular formula is C25H32ClFN4O5. The van der Waals surface area contributed by atoms with Gasteiger partial charge in [0.1, 0.15) is 23.6 Å². The van der Waals surface area contributed by atoms with Crippen LogP contribution in [0.2, 0.25) is 5.15 Å². The maximum atomic E-state index is 15.4. The molecule has 0 saturated carbocycles. The van der Waals surface area contributed by atoms with Crippen molar-refractivity contribution in [3.05, 3.63) is 22.2 Å². The van der Waals surface area contributed by atoms with E-state index in [0.717, 1.165) is 12.8 Å². The average molecular weight is 523 g/mol. The van der Waals surface area contributed by atoms with Crippen LogP contribution in [0.1, 0.15) is 64.8 Å². The third-order valence-electron chi connectivity index (χ3n) is 7.56. The highest BCUT2D eigenvalue weighted by molar-refractivity contribution is 6.30. The van der Waals surface area contributed by atoms with Crippen LogP contribution in [0.3, 0.4) is 0 Å². The summed E-state index contributed by atoms with van der Waals surface area (Å²) in [5, 5.41) is 20.4. The van der Waals surface area contributed by atoms with Crippen LogP contribution in [0.15, 0.2) is 0 Å². The van der Waals surface area contributed by atoms with Crippen LogP contribution >= 0.6 is 11.6 Å². The number of piperazine rings is 1. The first-order valence-electron chi connectivity index (χ1n) is 12.2. The highest BCUT2D eigenvalue weighted by Gasteiger charge is 2.59. The van der Waals surface area contributed by atoms with E-state index in [4.69, 9.17) is 26.1 Å². The van der Waals surface area contributed by atoms with E-state index in [1.54, 1.807) is 6.92 Å². The average Bonchev–Trinajstić information content (AvgIpc) is 2.96. The zero-order valence-electron chi connectivity index (χ0n) is 21.3. The molecule has 3 aliphatic heterocycles. The molecule has 5 atom stereocenters. The summed E-state index contributed by atoms with van der Waals surface area (Å²) in [7, 11) is 0. The van der Waals surface area contributed by atoms with Crippen molar-refractivity contribution in [1.29, 1.82) is 0 Å². The number of hydrogen-bond acceptors (Lipinski definition) is 8. The molecular weight excluding hydrogens is 491 g/mol. The van der Waals surface area contributed by atoms with Crippen molar-refractivity contribution < 1.29 is 28.9 Å². The van der Waals surface area contributed by atoms with Crippen LogP contribution < -0.4 is 9.64 Å². The molecule has 0 aliphatic carbocycles. The van der Waals surface area contributed by atoms with Crippen molar-refractivity contribution in [1.82, 2.24) is 14.9 Å². The highest BCUT2D eigenvalue weighted by Crippen LogP contribution is 2.50. The lowest BCUT2D eigenvalue weighted by atomic mass is 9.93. The van der Waals surface area contributed by atoms with Crippen LogP contribution in [-0.4, -0.2) is 73.7 Å². The number of aliphatic hydroxyl groups excluding tert-OH is 2. The Morgan fingerprint density at radius 3 is 2.69 bits per heavy atom. The van der Waals surface area contributed by atoms with Gasteiger partial charge in [-0.05, 0) is 59.9 Å².